The van der Waals surface area contributed by atoms with E-state index in [0.29, 0.717) is 10.7 Å². The Labute approximate surface area is 167 Å². The number of carbonyl (C=O) groups is 1. The van der Waals surface area contributed by atoms with Gasteiger partial charge in [-0.1, -0.05) is 11.6 Å². The molecule has 0 bridgehead atoms. The van der Waals surface area contributed by atoms with Crippen LogP contribution in [0, 0.1) is 0 Å². The molecule has 150 valence electrons. The van der Waals surface area contributed by atoms with Crippen molar-refractivity contribution in [2.75, 3.05) is 30.4 Å². The number of methoxy groups -OCH3 is 1. The first-order chi connectivity index (χ1) is 13.5. The van der Waals surface area contributed by atoms with Crippen LogP contribution in [0.5, 0.6) is 11.5 Å². The molecule has 1 amide bonds. The Hall–Kier alpha value is -2.54. The van der Waals surface area contributed by atoms with E-state index in [-0.39, 0.29) is 17.1 Å². The molecule has 1 heterocycles. The van der Waals surface area contributed by atoms with Gasteiger partial charge in [0.1, 0.15) is 0 Å². The van der Waals surface area contributed by atoms with Crippen LogP contribution in [0.15, 0.2) is 36.4 Å². The highest BCUT2D eigenvalue weighted by Crippen LogP contribution is 2.33. The highest BCUT2D eigenvalue weighted by Gasteiger charge is 2.19. The second-order valence-corrected chi connectivity index (χ2v) is 6.84. The maximum Gasteiger partial charge on any atom is 0.387 e. The Morgan fingerprint density at radius 3 is 2.54 bits per heavy atom. The number of carbonyl (C=O) groups excluding carboxylic acids is 1. The number of nitrogens with zero attached hydrogens (tertiary/aromatic N) is 1. The zero-order valence-electron chi connectivity index (χ0n) is 15.4. The van der Waals surface area contributed by atoms with Crippen molar-refractivity contribution >= 4 is 28.9 Å². The first-order valence-electron chi connectivity index (χ1n) is 8.96. The Bertz CT molecular complexity index is 842. The average Bonchev–Trinajstić information content (AvgIpc) is 2.68. The summed E-state index contributed by atoms with van der Waals surface area (Å²) >= 11 is 6.12. The zero-order chi connectivity index (χ0) is 20.1. The van der Waals surface area contributed by atoms with E-state index in [4.69, 9.17) is 16.3 Å². The number of ether oxygens (including phenoxy) is 2. The Kier molecular flexibility index (Phi) is 6.57. The fraction of sp³-hybridized carbons (Fsp3) is 0.350. The van der Waals surface area contributed by atoms with E-state index in [1.54, 1.807) is 12.1 Å². The maximum absolute atomic E-state index is 12.7. The largest absolute Gasteiger partial charge is 0.493 e. The summed E-state index contributed by atoms with van der Waals surface area (Å²) in [5, 5.41) is 3.33. The van der Waals surface area contributed by atoms with Gasteiger partial charge in [-0.25, -0.2) is 0 Å². The number of nitrogens with one attached hydrogen (secondary N) is 1. The molecule has 1 aliphatic rings. The normalized spacial score (nSPS) is 14.1. The molecule has 0 aliphatic carbocycles. The minimum Gasteiger partial charge on any atom is -0.493 e. The van der Waals surface area contributed by atoms with Gasteiger partial charge in [0.25, 0.3) is 5.91 Å². The van der Waals surface area contributed by atoms with Crippen LogP contribution in [-0.4, -0.2) is 32.7 Å². The second kappa shape index (κ2) is 9.10. The summed E-state index contributed by atoms with van der Waals surface area (Å²) in [6, 6.07) is 9.47. The third kappa shape index (κ3) is 4.84. The molecular weight excluding hydrogens is 390 g/mol. The van der Waals surface area contributed by atoms with Gasteiger partial charge in [-0.3, -0.25) is 4.79 Å². The van der Waals surface area contributed by atoms with Crippen LogP contribution in [-0.2, 0) is 0 Å². The molecule has 2 aromatic rings. The molecular formula is C20H21ClF2N2O3. The Morgan fingerprint density at radius 2 is 1.86 bits per heavy atom. The smallest absolute Gasteiger partial charge is 0.387 e. The molecule has 1 N–H and O–H groups in total. The fourth-order valence-corrected chi connectivity index (χ4v) is 3.39. The van der Waals surface area contributed by atoms with Gasteiger partial charge >= 0.3 is 6.61 Å². The van der Waals surface area contributed by atoms with Crippen LogP contribution in [0.25, 0.3) is 0 Å². The van der Waals surface area contributed by atoms with Crippen molar-refractivity contribution in [3.8, 4) is 11.5 Å². The molecule has 1 saturated heterocycles. The third-order valence-electron chi connectivity index (χ3n) is 4.55. The van der Waals surface area contributed by atoms with Crippen LogP contribution in [0.4, 0.5) is 20.2 Å². The average molecular weight is 411 g/mol. The SMILES string of the molecule is COc1ccc(C(=O)Nc2cc(Cl)ccc2N2CCCCC2)cc1OC(F)F. The number of piperidine rings is 1. The van der Waals surface area contributed by atoms with Crippen LogP contribution >= 0.6 is 11.6 Å². The van der Waals surface area contributed by atoms with Gasteiger partial charge in [0.05, 0.1) is 18.5 Å². The van der Waals surface area contributed by atoms with Gasteiger partial charge < -0.3 is 19.7 Å². The predicted octanol–water partition coefficient (Wildman–Crippen LogP) is 5.19. The van der Waals surface area contributed by atoms with Crippen LogP contribution in [0.2, 0.25) is 5.02 Å². The van der Waals surface area contributed by atoms with Gasteiger partial charge in [0, 0.05) is 23.7 Å². The molecule has 1 fully saturated rings. The summed E-state index contributed by atoms with van der Waals surface area (Å²) in [5.74, 6) is -0.539. The van der Waals surface area contributed by atoms with Crippen LogP contribution in [0.3, 0.4) is 0 Å². The minimum atomic E-state index is -3.02. The van der Waals surface area contributed by atoms with Crippen molar-refractivity contribution in [1.29, 1.82) is 0 Å². The summed E-state index contributed by atoms with van der Waals surface area (Å²) < 4.78 is 34.7. The summed E-state index contributed by atoms with van der Waals surface area (Å²) in [7, 11) is 1.34. The minimum absolute atomic E-state index is 0.119. The van der Waals surface area contributed by atoms with Gasteiger partial charge in [-0.05, 0) is 55.7 Å². The first kappa shape index (κ1) is 20.2. The number of halogens is 3. The van der Waals surface area contributed by atoms with E-state index in [0.717, 1.165) is 31.6 Å². The van der Waals surface area contributed by atoms with E-state index in [1.165, 1.54) is 31.7 Å². The molecule has 0 radical (unpaired) electrons. The molecule has 0 unspecified atom stereocenters. The van der Waals surface area contributed by atoms with Crippen molar-refractivity contribution in [3.05, 3.63) is 47.0 Å². The van der Waals surface area contributed by atoms with E-state index in [9.17, 15) is 13.6 Å². The second-order valence-electron chi connectivity index (χ2n) is 6.41. The summed E-state index contributed by atoms with van der Waals surface area (Å²) in [6.07, 6.45) is 3.36. The zero-order valence-corrected chi connectivity index (χ0v) is 16.1. The van der Waals surface area contributed by atoms with Gasteiger partial charge in [0.15, 0.2) is 11.5 Å². The molecule has 1 aliphatic heterocycles. The lowest BCUT2D eigenvalue weighted by Gasteiger charge is -2.30. The van der Waals surface area contributed by atoms with Crippen molar-refractivity contribution in [2.24, 2.45) is 0 Å². The molecule has 2 aromatic carbocycles. The molecule has 0 atom stereocenters. The van der Waals surface area contributed by atoms with E-state index in [2.05, 4.69) is 15.0 Å². The number of benzene rings is 2. The topological polar surface area (TPSA) is 50.8 Å². The number of alkyl halides is 2. The summed E-state index contributed by atoms with van der Waals surface area (Å²) in [6.45, 7) is -1.22. The molecule has 0 aromatic heterocycles. The Morgan fingerprint density at radius 1 is 1.11 bits per heavy atom. The van der Waals surface area contributed by atoms with Crippen molar-refractivity contribution in [1.82, 2.24) is 0 Å². The van der Waals surface area contributed by atoms with E-state index < -0.39 is 12.5 Å². The summed E-state index contributed by atoms with van der Waals surface area (Å²) in [5.41, 5.74) is 1.63. The van der Waals surface area contributed by atoms with E-state index in [1.807, 2.05) is 6.07 Å². The first-order valence-corrected chi connectivity index (χ1v) is 9.34. The molecule has 0 saturated carbocycles. The van der Waals surface area contributed by atoms with Crippen molar-refractivity contribution < 1.29 is 23.0 Å². The van der Waals surface area contributed by atoms with Crippen molar-refractivity contribution in [2.45, 2.75) is 25.9 Å². The lowest BCUT2D eigenvalue weighted by atomic mass is 10.1. The highest BCUT2D eigenvalue weighted by molar-refractivity contribution is 6.31. The standard InChI is InChI=1S/C20H21ClF2N2O3/c1-27-17-8-5-13(11-18(17)28-20(22)23)19(26)24-15-12-14(21)6-7-16(15)25-9-3-2-4-10-25/h5-8,11-12,20H,2-4,9-10H2,1H3,(H,24,26). The van der Waals surface area contributed by atoms with Gasteiger partial charge in [-0.2, -0.15) is 8.78 Å². The van der Waals surface area contributed by atoms with Gasteiger partial charge in [0.2, 0.25) is 0 Å². The van der Waals surface area contributed by atoms with E-state index >= 15 is 0 Å². The number of rotatable bonds is 6. The third-order valence-corrected chi connectivity index (χ3v) is 4.78. The number of anilines is 2. The molecule has 28 heavy (non-hydrogen) atoms. The monoisotopic (exact) mass is 410 g/mol. The Balaban J connectivity index is 1.85. The van der Waals surface area contributed by atoms with Gasteiger partial charge in [-0.15, -0.1) is 0 Å². The molecule has 3 rings (SSSR count). The maximum atomic E-state index is 12.7. The number of amides is 1. The number of hydrogen-bond donors (Lipinski definition) is 1. The van der Waals surface area contributed by atoms with Crippen LogP contribution in [0.1, 0.15) is 29.6 Å². The summed E-state index contributed by atoms with van der Waals surface area (Å²) in [4.78, 5) is 14.9. The molecule has 0 spiro atoms. The lowest BCUT2D eigenvalue weighted by Crippen LogP contribution is -2.30. The lowest BCUT2D eigenvalue weighted by molar-refractivity contribution is -0.0512. The number of hydrogen-bond acceptors (Lipinski definition) is 4. The fourth-order valence-electron chi connectivity index (χ4n) is 3.22. The van der Waals surface area contributed by atoms with Crippen LogP contribution < -0.4 is 19.7 Å². The molecule has 8 heteroatoms. The van der Waals surface area contributed by atoms with Crippen molar-refractivity contribution in [3.63, 3.8) is 0 Å². The highest BCUT2D eigenvalue weighted by atomic mass is 35.5. The molecule has 5 nitrogen and oxygen atoms in total. The predicted molar refractivity (Wildman–Crippen MR) is 105 cm³/mol. The quantitative estimate of drug-likeness (QED) is 0.711.